The Morgan fingerprint density at radius 3 is 2.93 bits per heavy atom. The van der Waals surface area contributed by atoms with Crippen molar-refractivity contribution >= 4 is 22.9 Å². The average Bonchev–Trinajstić information content (AvgIpc) is 2.76. The van der Waals surface area contributed by atoms with Gasteiger partial charge in [-0.3, -0.25) is 4.90 Å². The van der Waals surface area contributed by atoms with Gasteiger partial charge in [0.05, 0.1) is 29.8 Å². The number of hydrogen-bond acceptors (Lipinski definition) is 4. The Kier molecular flexibility index (Phi) is 4.38. The summed E-state index contributed by atoms with van der Waals surface area (Å²) in [6.45, 7) is 4.91. The van der Waals surface area contributed by atoms with Crippen LogP contribution in [-0.4, -0.2) is 42.7 Å². The molecule has 0 radical (unpaired) electrons. The summed E-state index contributed by atoms with van der Waals surface area (Å²) < 4.78 is 5.30. The van der Waals surface area contributed by atoms with Crippen LogP contribution in [0.4, 0.5) is 0 Å². The van der Waals surface area contributed by atoms with Crippen molar-refractivity contribution < 1.29 is 4.74 Å². The fourth-order valence-electron chi connectivity index (χ4n) is 1.60. The van der Waals surface area contributed by atoms with Gasteiger partial charge in [0, 0.05) is 31.4 Å². The van der Waals surface area contributed by atoms with Crippen LogP contribution in [0.15, 0.2) is 5.38 Å². The zero-order valence-electron chi connectivity index (χ0n) is 8.62. The van der Waals surface area contributed by atoms with Crippen LogP contribution in [0.2, 0.25) is 0 Å². The monoisotopic (exact) mass is 246 g/mol. The maximum atomic E-state index is 5.71. The van der Waals surface area contributed by atoms with Gasteiger partial charge >= 0.3 is 0 Å². The second kappa shape index (κ2) is 5.80. The van der Waals surface area contributed by atoms with Crippen molar-refractivity contribution in [3.05, 3.63) is 16.1 Å². The van der Waals surface area contributed by atoms with Gasteiger partial charge in [0.25, 0.3) is 0 Å². The molecule has 1 aromatic rings. The van der Waals surface area contributed by atoms with Gasteiger partial charge in [0.1, 0.15) is 0 Å². The Bertz CT molecular complexity index is 299. The third-order valence-corrected chi connectivity index (χ3v) is 3.71. The Hall–Kier alpha value is -0.160. The second-order valence-corrected chi connectivity index (χ2v) is 4.78. The van der Waals surface area contributed by atoms with E-state index in [1.165, 1.54) is 5.01 Å². The average molecular weight is 247 g/mol. The fraction of sp³-hybridized carbons (Fsp3) is 0.700. The van der Waals surface area contributed by atoms with Crippen LogP contribution in [0.5, 0.6) is 0 Å². The summed E-state index contributed by atoms with van der Waals surface area (Å²) in [6.07, 6.45) is 1.03. The van der Waals surface area contributed by atoms with Crippen LogP contribution in [-0.2, 0) is 17.0 Å². The van der Waals surface area contributed by atoms with E-state index >= 15 is 0 Å². The number of rotatable bonds is 4. The fourth-order valence-corrected chi connectivity index (χ4v) is 2.62. The smallest absolute Gasteiger partial charge is 0.0941 e. The molecule has 0 aromatic carbocycles. The van der Waals surface area contributed by atoms with Crippen molar-refractivity contribution in [2.75, 3.05) is 32.8 Å². The van der Waals surface area contributed by atoms with E-state index in [2.05, 4.69) is 9.88 Å². The van der Waals surface area contributed by atoms with Gasteiger partial charge in [-0.05, 0) is 0 Å². The molecule has 5 heteroatoms. The standard InChI is InChI=1S/C10H15ClN2OS/c11-7-9-8-15-10(12-9)1-2-13-3-5-14-6-4-13/h8H,1-7H2. The zero-order valence-corrected chi connectivity index (χ0v) is 10.2. The topological polar surface area (TPSA) is 25.4 Å². The molecule has 0 atom stereocenters. The summed E-state index contributed by atoms with van der Waals surface area (Å²) in [4.78, 5) is 6.86. The molecule has 0 unspecified atom stereocenters. The first-order valence-electron chi connectivity index (χ1n) is 5.18. The second-order valence-electron chi connectivity index (χ2n) is 3.57. The van der Waals surface area contributed by atoms with E-state index in [1.807, 2.05) is 5.38 Å². The lowest BCUT2D eigenvalue weighted by molar-refractivity contribution is 0.0384. The van der Waals surface area contributed by atoms with Crippen molar-refractivity contribution in [1.82, 2.24) is 9.88 Å². The van der Waals surface area contributed by atoms with Gasteiger partial charge < -0.3 is 4.74 Å². The molecule has 0 spiro atoms. The quantitative estimate of drug-likeness (QED) is 0.757. The number of alkyl halides is 1. The molecule has 84 valence electrons. The molecule has 1 aliphatic rings. The lowest BCUT2D eigenvalue weighted by atomic mass is 10.3. The van der Waals surface area contributed by atoms with Gasteiger partial charge in [0.2, 0.25) is 0 Å². The lowest BCUT2D eigenvalue weighted by Gasteiger charge is -2.25. The molecule has 2 heterocycles. The molecule has 15 heavy (non-hydrogen) atoms. The highest BCUT2D eigenvalue weighted by atomic mass is 35.5. The van der Waals surface area contributed by atoms with E-state index in [0.717, 1.165) is 45.0 Å². The van der Waals surface area contributed by atoms with Crippen molar-refractivity contribution in [2.45, 2.75) is 12.3 Å². The molecule has 1 aromatic heterocycles. The van der Waals surface area contributed by atoms with Gasteiger partial charge in [-0.25, -0.2) is 4.98 Å². The number of ether oxygens (including phenoxy) is 1. The molecule has 1 fully saturated rings. The van der Waals surface area contributed by atoms with Gasteiger partial charge in [-0.1, -0.05) is 0 Å². The molecule has 0 saturated carbocycles. The lowest BCUT2D eigenvalue weighted by Crippen LogP contribution is -2.37. The maximum absolute atomic E-state index is 5.71. The Morgan fingerprint density at radius 1 is 1.47 bits per heavy atom. The molecule has 1 aliphatic heterocycles. The Morgan fingerprint density at radius 2 is 2.27 bits per heavy atom. The number of morpholine rings is 1. The normalized spacial score (nSPS) is 18.2. The van der Waals surface area contributed by atoms with E-state index in [0.29, 0.717) is 5.88 Å². The summed E-state index contributed by atoms with van der Waals surface area (Å²) in [5, 5.41) is 3.24. The summed E-state index contributed by atoms with van der Waals surface area (Å²) in [5.41, 5.74) is 0.999. The first-order valence-corrected chi connectivity index (χ1v) is 6.59. The van der Waals surface area contributed by atoms with E-state index in [-0.39, 0.29) is 0 Å². The minimum atomic E-state index is 0.522. The number of thiazole rings is 1. The van der Waals surface area contributed by atoms with Crippen LogP contribution < -0.4 is 0 Å². The molecule has 0 N–H and O–H groups in total. The molecule has 0 amide bonds. The van der Waals surface area contributed by atoms with Crippen molar-refractivity contribution in [1.29, 1.82) is 0 Å². The number of nitrogens with zero attached hydrogens (tertiary/aromatic N) is 2. The molecule has 2 rings (SSSR count). The van der Waals surface area contributed by atoms with E-state index in [1.54, 1.807) is 11.3 Å². The van der Waals surface area contributed by atoms with Crippen LogP contribution in [0.25, 0.3) is 0 Å². The molecule has 3 nitrogen and oxygen atoms in total. The van der Waals surface area contributed by atoms with Crippen molar-refractivity contribution in [3.8, 4) is 0 Å². The van der Waals surface area contributed by atoms with Gasteiger partial charge in [-0.2, -0.15) is 0 Å². The van der Waals surface area contributed by atoms with Crippen molar-refractivity contribution in [3.63, 3.8) is 0 Å². The summed E-state index contributed by atoms with van der Waals surface area (Å²) in [5.74, 6) is 0.522. The third kappa shape index (κ3) is 3.41. The van der Waals surface area contributed by atoms with E-state index < -0.39 is 0 Å². The van der Waals surface area contributed by atoms with Gasteiger partial charge in [-0.15, -0.1) is 22.9 Å². The minimum Gasteiger partial charge on any atom is -0.379 e. The number of aromatic nitrogens is 1. The molecular formula is C10H15ClN2OS. The van der Waals surface area contributed by atoms with E-state index in [9.17, 15) is 0 Å². The van der Waals surface area contributed by atoms with Gasteiger partial charge in [0.15, 0.2) is 0 Å². The number of halogens is 1. The maximum Gasteiger partial charge on any atom is 0.0941 e. The molecular weight excluding hydrogens is 232 g/mol. The highest BCUT2D eigenvalue weighted by molar-refractivity contribution is 7.09. The first kappa shape index (κ1) is 11.3. The van der Waals surface area contributed by atoms with Crippen LogP contribution in [0.1, 0.15) is 10.7 Å². The Balaban J connectivity index is 1.76. The first-order chi connectivity index (χ1) is 7.38. The highest BCUT2D eigenvalue weighted by Crippen LogP contribution is 2.12. The SMILES string of the molecule is ClCc1csc(CCN2CCOCC2)n1. The third-order valence-electron chi connectivity index (χ3n) is 2.48. The zero-order chi connectivity index (χ0) is 10.5. The number of hydrogen-bond donors (Lipinski definition) is 0. The Labute approximate surface area is 99.0 Å². The summed E-state index contributed by atoms with van der Waals surface area (Å²) in [6, 6.07) is 0. The van der Waals surface area contributed by atoms with Crippen LogP contribution in [0.3, 0.4) is 0 Å². The summed E-state index contributed by atoms with van der Waals surface area (Å²) in [7, 11) is 0. The molecule has 0 bridgehead atoms. The molecule has 1 saturated heterocycles. The largest absolute Gasteiger partial charge is 0.379 e. The van der Waals surface area contributed by atoms with Crippen LogP contribution >= 0.6 is 22.9 Å². The predicted molar refractivity (Wildman–Crippen MR) is 62.6 cm³/mol. The molecule has 0 aliphatic carbocycles. The predicted octanol–water partition coefficient (Wildman–Crippen LogP) is 1.76. The van der Waals surface area contributed by atoms with Crippen molar-refractivity contribution in [2.24, 2.45) is 0 Å². The van der Waals surface area contributed by atoms with Crippen LogP contribution in [0, 0.1) is 0 Å². The minimum absolute atomic E-state index is 0.522. The van der Waals surface area contributed by atoms with E-state index in [4.69, 9.17) is 16.3 Å². The summed E-state index contributed by atoms with van der Waals surface area (Å²) >= 11 is 7.42. The highest BCUT2D eigenvalue weighted by Gasteiger charge is 2.10.